The van der Waals surface area contributed by atoms with Crippen LogP contribution in [0.1, 0.15) is 15.9 Å². The molecule has 0 fully saturated rings. The number of aryl methyl sites for hydroxylation is 1. The van der Waals surface area contributed by atoms with E-state index in [1.807, 2.05) is 30.3 Å². The lowest BCUT2D eigenvalue weighted by atomic mass is 10.1. The fourth-order valence-corrected chi connectivity index (χ4v) is 2.81. The molecule has 0 aliphatic carbocycles. The van der Waals surface area contributed by atoms with Gasteiger partial charge in [0.1, 0.15) is 5.75 Å². The van der Waals surface area contributed by atoms with Gasteiger partial charge >= 0.3 is 0 Å². The number of carbonyl (C=O) groups is 1. The largest absolute Gasteiger partial charge is 0.497 e. The topological polar surface area (TPSA) is 60.3 Å². The van der Waals surface area contributed by atoms with Gasteiger partial charge < -0.3 is 14.6 Å². The monoisotopic (exact) mass is 336 g/mol. The van der Waals surface area contributed by atoms with Gasteiger partial charge in [-0.2, -0.15) is 0 Å². The Kier molecular flexibility index (Phi) is 4.84. The number of benzene rings is 2. The van der Waals surface area contributed by atoms with Gasteiger partial charge in [0, 0.05) is 30.6 Å². The Morgan fingerprint density at radius 3 is 2.44 bits per heavy atom. The van der Waals surface area contributed by atoms with Crippen LogP contribution in [0.25, 0.3) is 10.8 Å². The van der Waals surface area contributed by atoms with E-state index >= 15 is 0 Å². The Morgan fingerprint density at radius 1 is 1.08 bits per heavy atom. The molecule has 1 N–H and O–H groups in total. The lowest BCUT2D eigenvalue weighted by molar-refractivity contribution is 0.0955. The third kappa shape index (κ3) is 3.55. The summed E-state index contributed by atoms with van der Waals surface area (Å²) in [6.07, 6.45) is 2.31. The maximum atomic E-state index is 12.6. The van der Waals surface area contributed by atoms with Crippen molar-refractivity contribution in [3.05, 3.63) is 76.2 Å². The third-order valence-electron chi connectivity index (χ3n) is 4.19. The molecule has 3 rings (SSSR count). The van der Waals surface area contributed by atoms with Gasteiger partial charge in [0.05, 0.1) is 12.7 Å². The maximum absolute atomic E-state index is 12.6. The summed E-state index contributed by atoms with van der Waals surface area (Å²) in [5.41, 5.74) is 1.52. The number of hydrogen-bond acceptors (Lipinski definition) is 3. The summed E-state index contributed by atoms with van der Waals surface area (Å²) in [4.78, 5) is 24.7. The first kappa shape index (κ1) is 16.8. The second-order valence-electron chi connectivity index (χ2n) is 5.86. The second kappa shape index (κ2) is 7.21. The second-order valence-corrected chi connectivity index (χ2v) is 5.86. The van der Waals surface area contributed by atoms with Crippen LogP contribution in [0.2, 0.25) is 0 Å². The van der Waals surface area contributed by atoms with Crippen molar-refractivity contribution >= 4 is 16.7 Å². The molecule has 128 valence electrons. The van der Waals surface area contributed by atoms with Gasteiger partial charge in [-0.05, 0) is 30.2 Å². The molecular formula is C20H20N2O3. The molecule has 2 aromatic carbocycles. The minimum atomic E-state index is -0.180. The highest BCUT2D eigenvalue weighted by molar-refractivity contribution is 6.06. The number of nitrogens with one attached hydrogen (secondary N) is 1. The molecule has 0 atom stereocenters. The number of aromatic nitrogens is 1. The number of rotatable bonds is 5. The highest BCUT2D eigenvalue weighted by Crippen LogP contribution is 2.15. The normalized spacial score (nSPS) is 10.6. The quantitative estimate of drug-likeness (QED) is 0.779. The van der Waals surface area contributed by atoms with Crippen LogP contribution < -0.4 is 15.6 Å². The summed E-state index contributed by atoms with van der Waals surface area (Å²) in [7, 11) is 3.29. The molecule has 25 heavy (non-hydrogen) atoms. The van der Waals surface area contributed by atoms with Gasteiger partial charge in [-0.1, -0.05) is 30.3 Å². The van der Waals surface area contributed by atoms with E-state index in [0.29, 0.717) is 22.9 Å². The van der Waals surface area contributed by atoms with Crippen molar-refractivity contribution in [2.24, 2.45) is 7.05 Å². The van der Waals surface area contributed by atoms with Gasteiger partial charge in [0.2, 0.25) is 0 Å². The molecule has 5 nitrogen and oxygen atoms in total. The van der Waals surface area contributed by atoms with E-state index in [0.717, 1.165) is 17.7 Å². The molecule has 0 aliphatic heterocycles. The van der Waals surface area contributed by atoms with Crippen molar-refractivity contribution in [2.75, 3.05) is 13.7 Å². The molecule has 5 heteroatoms. The molecule has 3 aromatic rings. The van der Waals surface area contributed by atoms with Crippen LogP contribution in [0.4, 0.5) is 0 Å². The molecule has 0 saturated heterocycles. The molecule has 0 aliphatic rings. The summed E-state index contributed by atoms with van der Waals surface area (Å²) in [6.45, 7) is 0.516. The number of pyridine rings is 1. The average molecular weight is 336 g/mol. The highest BCUT2D eigenvalue weighted by atomic mass is 16.5. The van der Waals surface area contributed by atoms with Crippen molar-refractivity contribution in [3.8, 4) is 5.75 Å². The molecule has 0 bridgehead atoms. The van der Waals surface area contributed by atoms with Crippen LogP contribution in [0.5, 0.6) is 5.75 Å². The molecular weight excluding hydrogens is 316 g/mol. The Bertz CT molecular complexity index is 959. The standard InChI is InChI=1S/C20H20N2O3/c1-22-13-18(16-5-3-4-6-17(16)20(22)24)19(23)21-12-11-14-7-9-15(25-2)10-8-14/h3-10,13H,11-12H2,1-2H3,(H,21,23). The van der Waals surface area contributed by atoms with Gasteiger partial charge in [-0.25, -0.2) is 0 Å². The third-order valence-corrected chi connectivity index (χ3v) is 4.19. The van der Waals surface area contributed by atoms with Crippen LogP contribution in [0.3, 0.4) is 0 Å². The van der Waals surface area contributed by atoms with Crippen molar-refractivity contribution in [1.82, 2.24) is 9.88 Å². The Labute approximate surface area is 145 Å². The first-order valence-electron chi connectivity index (χ1n) is 8.09. The number of methoxy groups -OCH3 is 1. The van der Waals surface area contributed by atoms with Crippen molar-refractivity contribution in [3.63, 3.8) is 0 Å². The minimum absolute atomic E-state index is 0.106. The molecule has 0 saturated carbocycles. The molecule has 0 radical (unpaired) electrons. The van der Waals surface area contributed by atoms with E-state index in [1.54, 1.807) is 38.6 Å². The maximum Gasteiger partial charge on any atom is 0.258 e. The van der Waals surface area contributed by atoms with E-state index in [2.05, 4.69) is 5.32 Å². The predicted molar refractivity (Wildman–Crippen MR) is 98.2 cm³/mol. The Balaban J connectivity index is 1.74. The first-order chi connectivity index (χ1) is 12.1. The minimum Gasteiger partial charge on any atom is -0.497 e. The smallest absolute Gasteiger partial charge is 0.258 e. The fourth-order valence-electron chi connectivity index (χ4n) is 2.81. The van der Waals surface area contributed by atoms with Crippen molar-refractivity contribution in [2.45, 2.75) is 6.42 Å². The zero-order valence-corrected chi connectivity index (χ0v) is 14.3. The van der Waals surface area contributed by atoms with Crippen molar-refractivity contribution < 1.29 is 9.53 Å². The molecule has 0 unspecified atom stereocenters. The zero-order valence-electron chi connectivity index (χ0n) is 14.3. The number of nitrogens with zero attached hydrogens (tertiary/aromatic N) is 1. The first-order valence-corrected chi connectivity index (χ1v) is 8.09. The summed E-state index contributed by atoms with van der Waals surface area (Å²) in [5, 5.41) is 4.15. The van der Waals surface area contributed by atoms with Crippen LogP contribution >= 0.6 is 0 Å². The van der Waals surface area contributed by atoms with E-state index in [4.69, 9.17) is 4.74 Å². The van der Waals surface area contributed by atoms with Gasteiger partial charge in [-0.15, -0.1) is 0 Å². The number of amides is 1. The molecule has 1 aromatic heterocycles. The van der Waals surface area contributed by atoms with E-state index in [-0.39, 0.29) is 11.5 Å². The Hall–Kier alpha value is -3.08. The van der Waals surface area contributed by atoms with Gasteiger partial charge in [0.15, 0.2) is 0 Å². The summed E-state index contributed by atoms with van der Waals surface area (Å²) in [5.74, 6) is 0.629. The highest BCUT2D eigenvalue weighted by Gasteiger charge is 2.13. The number of fused-ring (bicyclic) bond motifs is 1. The fraction of sp³-hybridized carbons (Fsp3) is 0.200. The summed E-state index contributed by atoms with van der Waals surface area (Å²) < 4.78 is 6.58. The van der Waals surface area contributed by atoms with Crippen molar-refractivity contribution in [1.29, 1.82) is 0 Å². The van der Waals surface area contributed by atoms with Gasteiger partial charge in [0.25, 0.3) is 11.5 Å². The average Bonchev–Trinajstić information content (AvgIpc) is 2.65. The lowest BCUT2D eigenvalue weighted by Crippen LogP contribution is -2.28. The number of hydrogen-bond donors (Lipinski definition) is 1. The predicted octanol–water partition coefficient (Wildman–Crippen LogP) is 2.52. The molecule has 1 heterocycles. The zero-order chi connectivity index (χ0) is 17.8. The number of ether oxygens (including phenoxy) is 1. The van der Waals surface area contributed by atoms with E-state index in [9.17, 15) is 9.59 Å². The van der Waals surface area contributed by atoms with Crippen LogP contribution in [-0.2, 0) is 13.5 Å². The molecule has 0 spiro atoms. The molecule has 1 amide bonds. The van der Waals surface area contributed by atoms with Crippen LogP contribution in [0.15, 0.2) is 59.5 Å². The Morgan fingerprint density at radius 2 is 1.76 bits per heavy atom. The number of carbonyl (C=O) groups excluding carboxylic acids is 1. The van der Waals surface area contributed by atoms with Gasteiger partial charge in [-0.3, -0.25) is 9.59 Å². The van der Waals surface area contributed by atoms with Crippen LogP contribution in [-0.4, -0.2) is 24.1 Å². The SMILES string of the molecule is COc1ccc(CCNC(=O)c2cn(C)c(=O)c3ccccc23)cc1. The van der Waals surface area contributed by atoms with E-state index < -0.39 is 0 Å². The summed E-state index contributed by atoms with van der Waals surface area (Å²) >= 11 is 0. The van der Waals surface area contributed by atoms with E-state index in [1.165, 1.54) is 4.57 Å². The van der Waals surface area contributed by atoms with Crippen LogP contribution in [0, 0.1) is 0 Å². The summed E-state index contributed by atoms with van der Waals surface area (Å²) in [6, 6.07) is 14.9. The lowest BCUT2D eigenvalue weighted by Gasteiger charge is -2.10.